The first kappa shape index (κ1) is 25.1. The summed E-state index contributed by atoms with van der Waals surface area (Å²) >= 11 is 0. The van der Waals surface area contributed by atoms with Gasteiger partial charge in [0.1, 0.15) is 29.8 Å². The van der Waals surface area contributed by atoms with Crippen molar-refractivity contribution in [2.75, 3.05) is 36.4 Å². The number of piperazine rings is 1. The summed E-state index contributed by atoms with van der Waals surface area (Å²) < 4.78 is 6.17. The van der Waals surface area contributed by atoms with E-state index < -0.39 is 5.97 Å². The van der Waals surface area contributed by atoms with E-state index in [1.807, 2.05) is 48.7 Å². The van der Waals surface area contributed by atoms with Crippen molar-refractivity contribution < 1.29 is 14.6 Å². The largest absolute Gasteiger partial charge is 0.489 e. The van der Waals surface area contributed by atoms with Crippen molar-refractivity contribution in [2.24, 2.45) is 0 Å². The van der Waals surface area contributed by atoms with Crippen LogP contribution in [0.2, 0.25) is 0 Å². The number of aliphatic carboxylic acids is 1. The van der Waals surface area contributed by atoms with Crippen LogP contribution in [0.15, 0.2) is 73.3 Å². The third-order valence-corrected chi connectivity index (χ3v) is 6.16. The maximum Gasteiger partial charge on any atom is 0.303 e. The first-order chi connectivity index (χ1) is 18.6. The van der Waals surface area contributed by atoms with Crippen LogP contribution in [-0.4, -0.2) is 57.2 Å². The first-order valence-corrected chi connectivity index (χ1v) is 12.5. The van der Waals surface area contributed by atoms with Crippen molar-refractivity contribution in [3.05, 3.63) is 84.4 Å². The molecule has 10 nitrogen and oxygen atoms in total. The lowest BCUT2D eigenvalue weighted by Gasteiger charge is -2.28. The van der Waals surface area contributed by atoms with E-state index in [4.69, 9.17) is 14.8 Å². The molecule has 3 aromatic heterocycles. The Hall–Kier alpha value is -4.57. The second kappa shape index (κ2) is 12.1. The third kappa shape index (κ3) is 6.60. The number of anilines is 3. The van der Waals surface area contributed by atoms with Crippen LogP contribution in [0.25, 0.3) is 11.3 Å². The molecule has 4 heterocycles. The van der Waals surface area contributed by atoms with E-state index in [1.165, 1.54) is 0 Å². The summed E-state index contributed by atoms with van der Waals surface area (Å²) in [5.41, 5.74) is 3.47. The second-order valence-electron chi connectivity index (χ2n) is 8.89. The Bertz CT molecular complexity index is 1380. The van der Waals surface area contributed by atoms with E-state index in [0.29, 0.717) is 23.8 Å². The molecule has 1 aliphatic rings. The number of nitrogens with zero attached hydrogens (tertiary/aromatic N) is 5. The minimum atomic E-state index is -0.837. The average Bonchev–Trinajstić information content (AvgIpc) is 2.96. The molecule has 0 radical (unpaired) electrons. The summed E-state index contributed by atoms with van der Waals surface area (Å²) in [6.45, 7) is 3.94. The molecule has 1 fully saturated rings. The lowest BCUT2D eigenvalue weighted by Crippen LogP contribution is -2.43. The molecule has 5 rings (SSSR count). The number of carbonyl (C=O) groups is 1. The maximum atomic E-state index is 11.1. The summed E-state index contributed by atoms with van der Waals surface area (Å²) in [7, 11) is 0. The number of carboxylic acid groups (broad SMARTS) is 1. The highest BCUT2D eigenvalue weighted by molar-refractivity contribution is 5.68. The lowest BCUT2D eigenvalue weighted by atomic mass is 10.1. The van der Waals surface area contributed by atoms with Gasteiger partial charge in [-0.1, -0.05) is 18.2 Å². The normalized spacial score (nSPS) is 13.2. The monoisotopic (exact) mass is 511 g/mol. The van der Waals surface area contributed by atoms with Crippen LogP contribution >= 0.6 is 0 Å². The molecule has 0 aliphatic carbocycles. The molecule has 0 amide bonds. The van der Waals surface area contributed by atoms with Crippen molar-refractivity contribution in [3.8, 4) is 17.0 Å². The fourth-order valence-electron chi connectivity index (χ4n) is 4.28. The summed E-state index contributed by atoms with van der Waals surface area (Å²) in [6.07, 6.45) is 7.13. The number of hydrogen-bond acceptors (Lipinski definition) is 9. The molecule has 1 aliphatic heterocycles. The van der Waals surface area contributed by atoms with Gasteiger partial charge in [-0.3, -0.25) is 9.78 Å². The van der Waals surface area contributed by atoms with Gasteiger partial charge in [0.25, 0.3) is 0 Å². The van der Waals surface area contributed by atoms with Gasteiger partial charge in [0.15, 0.2) is 0 Å². The highest BCUT2D eigenvalue weighted by Gasteiger charge is 2.14. The average molecular weight is 512 g/mol. The molecular weight excluding hydrogens is 482 g/mol. The number of carboxylic acids is 1. The van der Waals surface area contributed by atoms with Gasteiger partial charge >= 0.3 is 5.97 Å². The van der Waals surface area contributed by atoms with Crippen LogP contribution < -0.4 is 20.3 Å². The Morgan fingerprint density at radius 1 is 1.03 bits per heavy atom. The topological polar surface area (TPSA) is 125 Å². The molecule has 0 saturated carbocycles. The van der Waals surface area contributed by atoms with Crippen molar-refractivity contribution >= 4 is 23.4 Å². The molecule has 1 aromatic carbocycles. The van der Waals surface area contributed by atoms with Gasteiger partial charge in [0.05, 0.1) is 11.9 Å². The smallest absolute Gasteiger partial charge is 0.303 e. The van der Waals surface area contributed by atoms with E-state index in [1.54, 1.807) is 18.6 Å². The number of aryl methyl sites for hydroxylation is 1. The number of ether oxygens (including phenoxy) is 1. The van der Waals surface area contributed by atoms with Crippen LogP contribution in [0, 0.1) is 0 Å². The summed E-state index contributed by atoms with van der Waals surface area (Å²) in [5.74, 6) is 1.94. The van der Waals surface area contributed by atoms with Gasteiger partial charge < -0.3 is 25.4 Å². The minimum absolute atomic E-state index is 0.0451. The molecular formula is C28H29N7O3. The standard InChI is InChI=1S/C28H29N7O3/c36-28(37)6-5-21-3-1-2-4-24(21)38-19-20-15-23(33-25(16-20)34-26-18-30-9-10-31-26)22-7-8-32-27(17-22)35-13-11-29-12-14-35/h1-4,7-10,15-18,29H,5-6,11-14,19H2,(H,36,37)(H,31,33,34). The lowest BCUT2D eigenvalue weighted by molar-refractivity contribution is -0.136. The van der Waals surface area contributed by atoms with Gasteiger partial charge in [-0.15, -0.1) is 0 Å². The number of benzene rings is 1. The Balaban J connectivity index is 1.43. The van der Waals surface area contributed by atoms with Crippen LogP contribution in [0.5, 0.6) is 5.75 Å². The number of nitrogens with one attached hydrogen (secondary N) is 2. The number of aromatic nitrogens is 4. The summed E-state index contributed by atoms with van der Waals surface area (Å²) in [5, 5.41) is 15.7. The Morgan fingerprint density at radius 2 is 1.89 bits per heavy atom. The highest BCUT2D eigenvalue weighted by atomic mass is 16.5. The van der Waals surface area contributed by atoms with E-state index >= 15 is 0 Å². The van der Waals surface area contributed by atoms with E-state index in [0.717, 1.165) is 54.4 Å². The van der Waals surface area contributed by atoms with Crippen LogP contribution in [0.3, 0.4) is 0 Å². The van der Waals surface area contributed by atoms with Gasteiger partial charge in [-0.05, 0) is 47.9 Å². The van der Waals surface area contributed by atoms with Crippen LogP contribution in [-0.2, 0) is 17.8 Å². The predicted octanol–water partition coefficient (Wildman–Crippen LogP) is 3.68. The molecule has 194 valence electrons. The van der Waals surface area contributed by atoms with E-state index in [9.17, 15) is 4.79 Å². The predicted molar refractivity (Wildman–Crippen MR) is 145 cm³/mol. The molecule has 0 bridgehead atoms. The van der Waals surface area contributed by atoms with Crippen molar-refractivity contribution in [1.82, 2.24) is 25.3 Å². The molecule has 1 saturated heterocycles. The van der Waals surface area contributed by atoms with E-state index in [-0.39, 0.29) is 13.0 Å². The molecule has 0 unspecified atom stereocenters. The zero-order valence-corrected chi connectivity index (χ0v) is 20.9. The van der Waals surface area contributed by atoms with Crippen LogP contribution in [0.1, 0.15) is 17.5 Å². The zero-order valence-electron chi connectivity index (χ0n) is 20.9. The summed E-state index contributed by atoms with van der Waals surface area (Å²) in [6, 6.07) is 15.4. The molecule has 3 N–H and O–H groups in total. The molecule has 0 atom stereocenters. The first-order valence-electron chi connectivity index (χ1n) is 12.5. The molecule has 4 aromatic rings. The molecule has 38 heavy (non-hydrogen) atoms. The van der Waals surface area contributed by atoms with Gasteiger partial charge in [-0.2, -0.15) is 0 Å². The number of para-hydroxylation sites is 1. The van der Waals surface area contributed by atoms with Gasteiger partial charge in [0, 0.05) is 56.8 Å². The van der Waals surface area contributed by atoms with Gasteiger partial charge in [-0.25, -0.2) is 15.0 Å². The van der Waals surface area contributed by atoms with Crippen molar-refractivity contribution in [1.29, 1.82) is 0 Å². The number of rotatable bonds is 10. The van der Waals surface area contributed by atoms with Crippen molar-refractivity contribution in [2.45, 2.75) is 19.4 Å². The number of hydrogen-bond donors (Lipinski definition) is 3. The van der Waals surface area contributed by atoms with Crippen molar-refractivity contribution in [3.63, 3.8) is 0 Å². The Kier molecular flexibility index (Phi) is 8.00. The third-order valence-electron chi connectivity index (χ3n) is 6.16. The maximum absolute atomic E-state index is 11.1. The fourth-order valence-corrected chi connectivity index (χ4v) is 4.28. The Labute approximate surface area is 220 Å². The van der Waals surface area contributed by atoms with Crippen LogP contribution in [0.4, 0.5) is 17.5 Å². The zero-order chi connectivity index (χ0) is 26.2. The number of pyridine rings is 2. The summed E-state index contributed by atoms with van der Waals surface area (Å²) in [4.78, 5) is 31.2. The molecule has 0 spiro atoms. The second-order valence-corrected chi connectivity index (χ2v) is 8.89. The quantitative estimate of drug-likeness (QED) is 0.290. The Morgan fingerprint density at radius 3 is 2.71 bits per heavy atom. The molecule has 10 heteroatoms. The SMILES string of the molecule is O=C(O)CCc1ccccc1OCc1cc(Nc2cnccn2)nc(-c2ccnc(N3CCNCC3)c2)c1. The van der Waals surface area contributed by atoms with Gasteiger partial charge in [0.2, 0.25) is 0 Å². The highest BCUT2D eigenvalue weighted by Crippen LogP contribution is 2.27. The minimum Gasteiger partial charge on any atom is -0.489 e. The fraction of sp³-hybridized carbons (Fsp3) is 0.250. The van der Waals surface area contributed by atoms with E-state index in [2.05, 4.69) is 36.6 Å².